The van der Waals surface area contributed by atoms with Gasteiger partial charge in [0.2, 0.25) is 0 Å². The lowest BCUT2D eigenvalue weighted by atomic mass is 10.3. The second kappa shape index (κ2) is 2.32. The zero-order valence-corrected chi connectivity index (χ0v) is 5.26. The van der Waals surface area contributed by atoms with E-state index in [1.807, 2.05) is 25.1 Å². The van der Waals surface area contributed by atoms with Crippen molar-refractivity contribution >= 4 is 0 Å². The van der Waals surface area contributed by atoms with Gasteiger partial charge in [-0.2, -0.15) is 0 Å². The second-order valence-corrected chi connectivity index (χ2v) is 1.81. The van der Waals surface area contributed by atoms with E-state index in [9.17, 15) is 0 Å². The Morgan fingerprint density at radius 2 is 2.33 bits per heavy atom. The van der Waals surface area contributed by atoms with E-state index in [4.69, 9.17) is 6.42 Å². The van der Waals surface area contributed by atoms with Crippen LogP contribution in [0.15, 0.2) is 18.2 Å². The molecule has 0 aliphatic heterocycles. The Balaban J connectivity index is 3.12. The predicted octanol–water partition coefficient (Wildman–Crippen LogP) is 1.37. The van der Waals surface area contributed by atoms with E-state index in [1.165, 1.54) is 0 Å². The molecule has 0 fully saturated rings. The number of aromatic nitrogens is 1. The first-order valence-corrected chi connectivity index (χ1v) is 2.73. The molecule has 44 valence electrons. The summed E-state index contributed by atoms with van der Waals surface area (Å²) in [5, 5.41) is 0. The standard InChI is InChI=1S/C8H7N/c1-3-8-6-4-5-7(2)9-8/h1,4-6H,2H3. The van der Waals surface area contributed by atoms with Crippen LogP contribution in [0.3, 0.4) is 0 Å². The molecule has 0 unspecified atom stereocenters. The molecule has 1 rings (SSSR count). The molecule has 1 heteroatoms. The summed E-state index contributed by atoms with van der Waals surface area (Å²) in [6, 6.07) is 5.63. The topological polar surface area (TPSA) is 12.9 Å². The number of rotatable bonds is 0. The highest BCUT2D eigenvalue weighted by Crippen LogP contribution is 1.94. The molecular weight excluding hydrogens is 110 g/mol. The number of aryl methyl sites for hydroxylation is 1. The van der Waals surface area contributed by atoms with Crippen molar-refractivity contribution in [2.45, 2.75) is 6.92 Å². The summed E-state index contributed by atoms with van der Waals surface area (Å²) >= 11 is 0. The first-order chi connectivity index (χ1) is 4.33. The van der Waals surface area contributed by atoms with E-state index >= 15 is 0 Å². The zero-order chi connectivity index (χ0) is 6.69. The molecule has 0 atom stereocenters. The van der Waals surface area contributed by atoms with Crippen molar-refractivity contribution in [2.24, 2.45) is 0 Å². The highest BCUT2D eigenvalue weighted by Gasteiger charge is 1.85. The molecule has 0 aromatic carbocycles. The maximum atomic E-state index is 5.11. The van der Waals surface area contributed by atoms with Crippen LogP contribution in [-0.2, 0) is 0 Å². The van der Waals surface area contributed by atoms with Gasteiger partial charge in [0.15, 0.2) is 0 Å². The van der Waals surface area contributed by atoms with Gasteiger partial charge in [-0.3, -0.25) is 0 Å². The van der Waals surface area contributed by atoms with Gasteiger partial charge in [-0.1, -0.05) is 12.0 Å². The van der Waals surface area contributed by atoms with Crippen molar-refractivity contribution in [3.63, 3.8) is 0 Å². The Labute approximate surface area is 54.7 Å². The molecule has 1 aromatic heterocycles. The second-order valence-electron chi connectivity index (χ2n) is 1.81. The fourth-order valence-electron chi connectivity index (χ4n) is 0.623. The normalized spacial score (nSPS) is 8.44. The highest BCUT2D eigenvalue weighted by atomic mass is 14.7. The molecule has 1 nitrogen and oxygen atoms in total. The van der Waals surface area contributed by atoms with Gasteiger partial charge in [-0.25, -0.2) is 4.98 Å². The van der Waals surface area contributed by atoms with Gasteiger partial charge in [-0.15, -0.1) is 6.42 Å². The Morgan fingerprint density at radius 3 is 2.78 bits per heavy atom. The lowest BCUT2D eigenvalue weighted by Crippen LogP contribution is -1.83. The largest absolute Gasteiger partial charge is 0.245 e. The quantitative estimate of drug-likeness (QED) is 0.468. The van der Waals surface area contributed by atoms with E-state index in [0.29, 0.717) is 5.69 Å². The molecule has 0 aliphatic carbocycles. The first kappa shape index (κ1) is 5.84. The van der Waals surface area contributed by atoms with Gasteiger partial charge < -0.3 is 0 Å². The van der Waals surface area contributed by atoms with E-state index in [1.54, 1.807) is 0 Å². The van der Waals surface area contributed by atoms with Crippen LogP contribution >= 0.6 is 0 Å². The molecule has 9 heavy (non-hydrogen) atoms. The maximum absolute atomic E-state index is 5.11. The minimum absolute atomic E-state index is 0.704. The summed E-state index contributed by atoms with van der Waals surface area (Å²) in [5.74, 6) is 2.46. The van der Waals surface area contributed by atoms with Crippen LogP contribution < -0.4 is 0 Å². The monoisotopic (exact) mass is 117 g/mol. The zero-order valence-electron chi connectivity index (χ0n) is 5.26. The van der Waals surface area contributed by atoms with E-state index in [2.05, 4.69) is 10.9 Å². The van der Waals surface area contributed by atoms with Crippen LogP contribution in [-0.4, -0.2) is 4.98 Å². The van der Waals surface area contributed by atoms with Gasteiger partial charge in [0.05, 0.1) is 0 Å². The van der Waals surface area contributed by atoms with Gasteiger partial charge in [0.25, 0.3) is 0 Å². The van der Waals surface area contributed by atoms with Gasteiger partial charge in [0, 0.05) is 5.69 Å². The number of hydrogen-bond acceptors (Lipinski definition) is 1. The third-order valence-electron chi connectivity index (χ3n) is 1.04. The van der Waals surface area contributed by atoms with Crippen molar-refractivity contribution in [3.05, 3.63) is 29.6 Å². The average Bonchev–Trinajstić information content (AvgIpc) is 1.88. The van der Waals surface area contributed by atoms with Crippen molar-refractivity contribution in [3.8, 4) is 12.3 Å². The van der Waals surface area contributed by atoms with Crippen LogP contribution in [0.1, 0.15) is 11.4 Å². The van der Waals surface area contributed by atoms with Crippen molar-refractivity contribution < 1.29 is 0 Å². The third-order valence-corrected chi connectivity index (χ3v) is 1.04. The Bertz CT molecular complexity index is 245. The molecule has 0 N–H and O–H groups in total. The van der Waals surface area contributed by atoms with Crippen LogP contribution in [0.4, 0.5) is 0 Å². The average molecular weight is 117 g/mol. The molecule has 0 radical (unpaired) electrons. The summed E-state index contributed by atoms with van der Waals surface area (Å²) in [6.07, 6.45) is 5.11. The highest BCUT2D eigenvalue weighted by molar-refractivity contribution is 5.25. The first-order valence-electron chi connectivity index (χ1n) is 2.73. The molecule has 0 saturated carbocycles. The lowest BCUT2D eigenvalue weighted by Gasteiger charge is -1.89. The van der Waals surface area contributed by atoms with Crippen LogP contribution in [0.5, 0.6) is 0 Å². The molecule has 0 saturated heterocycles. The summed E-state index contributed by atoms with van der Waals surface area (Å²) < 4.78 is 0. The number of nitrogens with zero attached hydrogens (tertiary/aromatic N) is 1. The number of hydrogen-bond donors (Lipinski definition) is 0. The Hall–Kier alpha value is -1.29. The fraction of sp³-hybridized carbons (Fsp3) is 0.125. The van der Waals surface area contributed by atoms with Gasteiger partial charge in [-0.05, 0) is 19.1 Å². The van der Waals surface area contributed by atoms with Crippen molar-refractivity contribution in [1.82, 2.24) is 4.98 Å². The molecule has 1 aromatic rings. The van der Waals surface area contributed by atoms with E-state index < -0.39 is 0 Å². The Kier molecular flexibility index (Phi) is 1.51. The summed E-state index contributed by atoms with van der Waals surface area (Å²) in [7, 11) is 0. The molecule has 0 bridgehead atoms. The van der Waals surface area contributed by atoms with Gasteiger partial charge >= 0.3 is 0 Å². The lowest BCUT2D eigenvalue weighted by molar-refractivity contribution is 1.18. The molecule has 0 amide bonds. The summed E-state index contributed by atoms with van der Waals surface area (Å²) in [5.41, 5.74) is 1.67. The number of pyridine rings is 1. The van der Waals surface area contributed by atoms with Crippen LogP contribution in [0, 0.1) is 19.3 Å². The smallest absolute Gasteiger partial charge is 0.113 e. The van der Waals surface area contributed by atoms with Gasteiger partial charge in [0.1, 0.15) is 5.69 Å². The third kappa shape index (κ3) is 1.30. The Morgan fingerprint density at radius 1 is 1.56 bits per heavy atom. The SMILES string of the molecule is C#Cc1cccc(C)n1. The molecule has 1 heterocycles. The molecule has 0 spiro atoms. The minimum atomic E-state index is 0.704. The maximum Gasteiger partial charge on any atom is 0.113 e. The van der Waals surface area contributed by atoms with E-state index in [-0.39, 0.29) is 0 Å². The van der Waals surface area contributed by atoms with Crippen LogP contribution in [0.25, 0.3) is 0 Å². The minimum Gasteiger partial charge on any atom is -0.245 e. The van der Waals surface area contributed by atoms with Crippen molar-refractivity contribution in [2.75, 3.05) is 0 Å². The fourth-order valence-corrected chi connectivity index (χ4v) is 0.623. The predicted molar refractivity (Wildman–Crippen MR) is 36.9 cm³/mol. The summed E-state index contributed by atoms with van der Waals surface area (Å²) in [6.45, 7) is 1.92. The molecular formula is C8H7N. The number of terminal acetylenes is 1. The molecule has 0 aliphatic rings. The van der Waals surface area contributed by atoms with E-state index in [0.717, 1.165) is 5.69 Å². The van der Waals surface area contributed by atoms with Crippen LogP contribution in [0.2, 0.25) is 0 Å². The van der Waals surface area contributed by atoms with Crippen molar-refractivity contribution in [1.29, 1.82) is 0 Å². The summed E-state index contributed by atoms with van der Waals surface area (Å²) in [4.78, 5) is 4.06.